The quantitative estimate of drug-likeness (QED) is 0.149. The van der Waals surface area contributed by atoms with Crippen LogP contribution in [0.4, 0.5) is 13.2 Å². The van der Waals surface area contributed by atoms with Crippen molar-refractivity contribution >= 4 is 18.4 Å². The van der Waals surface area contributed by atoms with Crippen LogP contribution >= 0.6 is 0 Å². The molecule has 0 aliphatic heterocycles. The van der Waals surface area contributed by atoms with Crippen molar-refractivity contribution in [3.8, 4) is 0 Å². The van der Waals surface area contributed by atoms with Gasteiger partial charge in [-0.2, -0.15) is 21.6 Å². The Balaban J connectivity index is 2.18. The molecule has 0 spiro atoms. The van der Waals surface area contributed by atoms with Crippen LogP contribution < -0.4 is 0 Å². The molecule has 0 aromatic carbocycles. The molecule has 0 bridgehead atoms. The molecule has 2 rings (SSSR count). The summed E-state index contributed by atoms with van der Waals surface area (Å²) in [5.41, 5.74) is -2.92. The summed E-state index contributed by atoms with van der Waals surface area (Å²) in [5.74, 6) is -0.0945. The summed E-state index contributed by atoms with van der Waals surface area (Å²) in [4.78, 5) is 0. The zero-order valence-electron chi connectivity index (χ0n) is 22.0. The molecule has 9 heteroatoms. The first-order valence-corrected chi connectivity index (χ1v) is 16.3. The lowest BCUT2D eigenvalue weighted by molar-refractivity contribution is -0.0536. The minimum Gasteiger partial charge on any atom is -0.408 e. The van der Waals surface area contributed by atoms with E-state index in [1.165, 1.54) is 6.08 Å². The highest BCUT2D eigenvalue weighted by molar-refractivity contribution is 7.87. The first-order valence-electron chi connectivity index (χ1n) is 12.0. The number of hydrogen-bond donors (Lipinski definition) is 0. The first kappa shape index (κ1) is 29.2. The maximum Gasteiger partial charge on any atom is 0.534 e. The molecule has 0 amide bonds. The van der Waals surface area contributed by atoms with E-state index < -0.39 is 29.5 Å². The van der Waals surface area contributed by atoms with Gasteiger partial charge in [-0.25, -0.2) is 0 Å². The van der Waals surface area contributed by atoms with Crippen molar-refractivity contribution in [2.45, 2.75) is 103 Å². The Morgan fingerprint density at radius 1 is 1.18 bits per heavy atom. The van der Waals surface area contributed by atoms with Gasteiger partial charge in [0.2, 0.25) is 0 Å². The third-order valence-electron chi connectivity index (χ3n) is 8.02. The van der Waals surface area contributed by atoms with Crippen LogP contribution in [0.25, 0.3) is 0 Å². The van der Waals surface area contributed by atoms with E-state index in [-0.39, 0.29) is 34.0 Å². The maximum atomic E-state index is 12.9. The van der Waals surface area contributed by atoms with Crippen LogP contribution in [0, 0.1) is 23.2 Å². The second-order valence-electron chi connectivity index (χ2n) is 12.2. The SMILES string of the molecule is CC(C=C=CC(C)(C)O[Si](C)(C)C(C)(C)C)[C@H]1CCC2C(OS(=O)(=O)C(F)(F)F)=CCC[C@@]21C. The van der Waals surface area contributed by atoms with Gasteiger partial charge < -0.3 is 8.61 Å². The molecule has 34 heavy (non-hydrogen) atoms. The third kappa shape index (κ3) is 6.21. The van der Waals surface area contributed by atoms with Crippen molar-refractivity contribution < 1.29 is 30.2 Å². The Morgan fingerprint density at radius 3 is 2.29 bits per heavy atom. The summed E-state index contributed by atoms with van der Waals surface area (Å²) >= 11 is 0. The second-order valence-corrected chi connectivity index (χ2v) is 18.4. The van der Waals surface area contributed by atoms with Crippen molar-refractivity contribution in [1.29, 1.82) is 0 Å². The number of alkyl halides is 3. The van der Waals surface area contributed by atoms with E-state index in [1.54, 1.807) is 0 Å². The van der Waals surface area contributed by atoms with Gasteiger partial charge in [0.25, 0.3) is 0 Å². The second kappa shape index (κ2) is 9.45. The molecule has 0 N–H and O–H groups in total. The van der Waals surface area contributed by atoms with Gasteiger partial charge >= 0.3 is 15.6 Å². The van der Waals surface area contributed by atoms with Crippen LogP contribution in [0.15, 0.2) is 29.7 Å². The van der Waals surface area contributed by atoms with Crippen molar-refractivity contribution in [2.24, 2.45) is 23.2 Å². The lowest BCUT2D eigenvalue weighted by atomic mass is 9.64. The molecule has 0 aromatic rings. The minimum atomic E-state index is -5.66. The Kier molecular flexibility index (Phi) is 8.12. The number of fused-ring (bicyclic) bond motifs is 1. The number of halogens is 3. The summed E-state index contributed by atoms with van der Waals surface area (Å²) in [5, 5.41) is 0.0937. The van der Waals surface area contributed by atoms with Gasteiger partial charge in [-0.1, -0.05) is 34.6 Å². The molecule has 0 saturated heterocycles. The highest BCUT2D eigenvalue weighted by Gasteiger charge is 2.54. The van der Waals surface area contributed by atoms with E-state index in [0.29, 0.717) is 12.8 Å². The standard InChI is InChI=1S/C25H41F3O4SSi/c1-18(12-10-16-23(5,6)32-34(8,9)22(2,3)4)19-14-15-20-21(13-11-17-24(19,20)7)31-33(29,30)25(26,27)28/h12-13,16,18-20H,11,14-15,17H2,1-9H3/t10?,18?,19-,20?,24-/m1/s1. The monoisotopic (exact) mass is 522 g/mol. The van der Waals surface area contributed by atoms with Crippen molar-refractivity contribution in [2.75, 3.05) is 0 Å². The molecule has 196 valence electrons. The van der Waals surface area contributed by atoms with Gasteiger partial charge in [0, 0.05) is 5.92 Å². The fourth-order valence-corrected chi connectivity index (χ4v) is 7.46. The molecule has 0 aromatic heterocycles. The van der Waals surface area contributed by atoms with E-state index in [4.69, 9.17) is 4.43 Å². The third-order valence-corrected chi connectivity index (χ3v) is 13.6. The summed E-state index contributed by atoms with van der Waals surface area (Å²) in [6, 6.07) is 0. The molecule has 2 aliphatic carbocycles. The Morgan fingerprint density at radius 2 is 1.76 bits per heavy atom. The smallest absolute Gasteiger partial charge is 0.408 e. The topological polar surface area (TPSA) is 52.6 Å². The van der Waals surface area contributed by atoms with Crippen molar-refractivity contribution in [3.05, 3.63) is 29.7 Å². The predicted octanol–water partition coefficient (Wildman–Crippen LogP) is 7.71. The van der Waals surface area contributed by atoms with E-state index >= 15 is 0 Å². The minimum absolute atomic E-state index is 0.0517. The molecular weight excluding hydrogens is 481 g/mol. The number of hydrogen-bond acceptors (Lipinski definition) is 4. The summed E-state index contributed by atoms with van der Waals surface area (Å²) in [6.07, 6.45) is 8.14. The number of rotatable bonds is 7. The zero-order chi connectivity index (χ0) is 26.4. The van der Waals surface area contributed by atoms with Crippen molar-refractivity contribution in [3.63, 3.8) is 0 Å². The van der Waals surface area contributed by atoms with Gasteiger partial charge in [-0.05, 0) is 93.1 Å². The molecule has 2 aliphatic rings. The molecule has 2 unspecified atom stereocenters. The Bertz CT molecular complexity index is 954. The fourth-order valence-electron chi connectivity index (χ4n) is 5.25. The predicted molar refractivity (Wildman–Crippen MR) is 132 cm³/mol. The highest BCUT2D eigenvalue weighted by Crippen LogP contribution is 2.58. The van der Waals surface area contributed by atoms with Crippen LogP contribution in [0.2, 0.25) is 18.1 Å². The van der Waals surface area contributed by atoms with Gasteiger partial charge in [0.15, 0.2) is 8.32 Å². The zero-order valence-corrected chi connectivity index (χ0v) is 23.8. The van der Waals surface area contributed by atoms with Crippen LogP contribution in [0.5, 0.6) is 0 Å². The first-order chi connectivity index (χ1) is 15.1. The summed E-state index contributed by atoms with van der Waals surface area (Å²) in [7, 11) is -7.61. The van der Waals surface area contributed by atoms with Gasteiger partial charge in [-0.15, -0.1) is 5.73 Å². The average molecular weight is 523 g/mol. The molecule has 1 fully saturated rings. The molecule has 4 nitrogen and oxygen atoms in total. The molecule has 0 radical (unpaired) electrons. The van der Waals surface area contributed by atoms with Crippen molar-refractivity contribution in [1.82, 2.24) is 0 Å². The van der Waals surface area contributed by atoms with Gasteiger partial charge in [0.05, 0.1) is 5.60 Å². The van der Waals surface area contributed by atoms with E-state index in [0.717, 1.165) is 12.8 Å². The molecule has 1 saturated carbocycles. The van der Waals surface area contributed by atoms with E-state index in [2.05, 4.69) is 50.7 Å². The van der Waals surface area contributed by atoms with E-state index in [1.807, 2.05) is 32.9 Å². The van der Waals surface area contributed by atoms with Crippen LogP contribution in [0.1, 0.15) is 74.1 Å². The summed E-state index contributed by atoms with van der Waals surface area (Å²) < 4.78 is 73.0. The van der Waals surface area contributed by atoms with Crippen LogP contribution in [-0.4, -0.2) is 27.8 Å². The largest absolute Gasteiger partial charge is 0.534 e. The lowest BCUT2D eigenvalue weighted by Crippen LogP contribution is -2.46. The van der Waals surface area contributed by atoms with Crippen LogP contribution in [-0.2, 0) is 18.7 Å². The Hall–Kier alpha value is -1.02. The summed E-state index contributed by atoms with van der Waals surface area (Å²) in [6.45, 7) is 19.2. The molecule has 0 heterocycles. The van der Waals surface area contributed by atoms with E-state index in [9.17, 15) is 21.6 Å². The Labute approximate surface area is 204 Å². The number of allylic oxidation sites excluding steroid dienone is 2. The average Bonchev–Trinajstić information content (AvgIpc) is 2.96. The lowest BCUT2D eigenvalue weighted by Gasteiger charge is -2.42. The highest BCUT2D eigenvalue weighted by atomic mass is 32.2. The fraction of sp³-hybridized carbons (Fsp3) is 0.800. The van der Waals surface area contributed by atoms with Gasteiger partial charge in [0.1, 0.15) is 5.76 Å². The van der Waals surface area contributed by atoms with Crippen LogP contribution in [0.3, 0.4) is 0 Å². The maximum absolute atomic E-state index is 12.9. The van der Waals surface area contributed by atoms with Gasteiger partial charge in [-0.3, -0.25) is 0 Å². The molecule has 4 atom stereocenters. The molecular formula is C25H41F3O4SSi. The normalized spacial score (nSPS) is 27.4.